The summed E-state index contributed by atoms with van der Waals surface area (Å²) in [4.78, 5) is 0.254. The van der Waals surface area contributed by atoms with E-state index in [-0.39, 0.29) is 23.9 Å². The Morgan fingerprint density at radius 3 is 2.68 bits per heavy atom. The molecule has 0 heterocycles. The zero-order chi connectivity index (χ0) is 14.0. The maximum atomic E-state index is 12.6. The van der Waals surface area contributed by atoms with E-state index in [4.69, 9.17) is 11.0 Å². The largest absolute Gasteiger partial charge is 0.399 e. The van der Waals surface area contributed by atoms with Gasteiger partial charge in [0.15, 0.2) is 0 Å². The standard InChI is InChI=1S/C13H17N3O2S/c1-10-9-12(5-6-13(10)15)19(17,18)16(8-2-7-14)11-3-4-11/h5-6,9,11H,2-4,8,15H2,1H3. The molecule has 0 atom stereocenters. The van der Waals surface area contributed by atoms with Crippen LogP contribution in [-0.4, -0.2) is 25.3 Å². The third-order valence-electron chi connectivity index (χ3n) is 3.25. The molecule has 1 aliphatic rings. The Morgan fingerprint density at radius 1 is 1.47 bits per heavy atom. The van der Waals surface area contributed by atoms with Gasteiger partial charge in [0.25, 0.3) is 0 Å². The van der Waals surface area contributed by atoms with Gasteiger partial charge in [0.1, 0.15) is 0 Å². The van der Waals surface area contributed by atoms with Gasteiger partial charge < -0.3 is 5.73 Å². The van der Waals surface area contributed by atoms with Crippen molar-refractivity contribution in [3.8, 4) is 6.07 Å². The number of nitrogen functional groups attached to an aromatic ring is 1. The van der Waals surface area contributed by atoms with Crippen LogP contribution in [0.2, 0.25) is 0 Å². The lowest BCUT2D eigenvalue weighted by molar-refractivity contribution is 0.411. The number of rotatable bonds is 5. The zero-order valence-electron chi connectivity index (χ0n) is 10.8. The highest BCUT2D eigenvalue weighted by Crippen LogP contribution is 2.32. The SMILES string of the molecule is Cc1cc(S(=O)(=O)N(CCC#N)C2CC2)ccc1N. The van der Waals surface area contributed by atoms with Gasteiger partial charge in [-0.05, 0) is 43.5 Å². The van der Waals surface area contributed by atoms with Crippen molar-refractivity contribution in [1.29, 1.82) is 5.26 Å². The topological polar surface area (TPSA) is 87.2 Å². The molecule has 0 amide bonds. The summed E-state index contributed by atoms with van der Waals surface area (Å²) >= 11 is 0. The van der Waals surface area contributed by atoms with E-state index in [1.54, 1.807) is 19.1 Å². The summed E-state index contributed by atoms with van der Waals surface area (Å²) in [6.45, 7) is 2.04. The van der Waals surface area contributed by atoms with Gasteiger partial charge in [0.05, 0.1) is 11.0 Å². The Labute approximate surface area is 113 Å². The van der Waals surface area contributed by atoms with Crippen LogP contribution in [0.1, 0.15) is 24.8 Å². The molecule has 2 rings (SSSR count). The molecule has 19 heavy (non-hydrogen) atoms. The van der Waals surface area contributed by atoms with Crippen LogP contribution in [-0.2, 0) is 10.0 Å². The molecule has 0 spiro atoms. The van der Waals surface area contributed by atoms with Gasteiger partial charge in [-0.1, -0.05) is 0 Å². The summed E-state index contributed by atoms with van der Waals surface area (Å²) in [6.07, 6.45) is 1.96. The Morgan fingerprint density at radius 2 is 2.16 bits per heavy atom. The molecule has 1 saturated carbocycles. The molecule has 0 bridgehead atoms. The van der Waals surface area contributed by atoms with E-state index in [1.807, 2.05) is 6.07 Å². The normalized spacial score (nSPS) is 15.4. The van der Waals surface area contributed by atoms with Crippen molar-refractivity contribution >= 4 is 15.7 Å². The van der Waals surface area contributed by atoms with Crippen LogP contribution in [0.15, 0.2) is 23.1 Å². The van der Waals surface area contributed by atoms with Crippen LogP contribution >= 0.6 is 0 Å². The van der Waals surface area contributed by atoms with Crippen LogP contribution in [0.5, 0.6) is 0 Å². The zero-order valence-corrected chi connectivity index (χ0v) is 11.7. The minimum Gasteiger partial charge on any atom is -0.399 e. The van der Waals surface area contributed by atoms with E-state index < -0.39 is 10.0 Å². The van der Waals surface area contributed by atoms with E-state index in [0.717, 1.165) is 18.4 Å². The smallest absolute Gasteiger partial charge is 0.243 e. The number of sulfonamides is 1. The van der Waals surface area contributed by atoms with Gasteiger partial charge in [0, 0.05) is 24.7 Å². The lowest BCUT2D eigenvalue weighted by Gasteiger charge is -2.21. The van der Waals surface area contributed by atoms with Crippen molar-refractivity contribution in [2.24, 2.45) is 0 Å². The Bertz CT molecular complexity index is 615. The van der Waals surface area contributed by atoms with Crippen LogP contribution in [0.4, 0.5) is 5.69 Å². The van der Waals surface area contributed by atoms with Crippen molar-refractivity contribution in [2.75, 3.05) is 12.3 Å². The lowest BCUT2D eigenvalue weighted by atomic mass is 10.2. The van der Waals surface area contributed by atoms with Gasteiger partial charge in [0.2, 0.25) is 10.0 Å². The fraction of sp³-hybridized carbons (Fsp3) is 0.462. The van der Waals surface area contributed by atoms with Gasteiger partial charge in [-0.2, -0.15) is 9.57 Å². The minimum absolute atomic E-state index is 0.0520. The molecule has 0 aromatic heterocycles. The molecular weight excluding hydrogens is 262 g/mol. The highest BCUT2D eigenvalue weighted by Gasteiger charge is 2.37. The van der Waals surface area contributed by atoms with Crippen molar-refractivity contribution in [2.45, 2.75) is 37.1 Å². The summed E-state index contributed by atoms with van der Waals surface area (Å²) in [5.74, 6) is 0. The van der Waals surface area contributed by atoms with Crippen molar-refractivity contribution in [1.82, 2.24) is 4.31 Å². The average Bonchev–Trinajstić information content (AvgIpc) is 3.17. The summed E-state index contributed by atoms with van der Waals surface area (Å²) in [5, 5.41) is 8.65. The molecule has 2 N–H and O–H groups in total. The number of aryl methyl sites for hydroxylation is 1. The predicted molar refractivity (Wildman–Crippen MR) is 72.7 cm³/mol. The quantitative estimate of drug-likeness (QED) is 0.830. The summed E-state index contributed by atoms with van der Waals surface area (Å²) in [6, 6.07) is 6.78. The number of nitrogens with two attached hydrogens (primary N) is 1. The molecular formula is C13H17N3O2S. The van der Waals surface area contributed by atoms with Crippen LogP contribution in [0.25, 0.3) is 0 Å². The molecule has 5 nitrogen and oxygen atoms in total. The van der Waals surface area contributed by atoms with E-state index in [2.05, 4.69) is 0 Å². The molecule has 1 aromatic rings. The van der Waals surface area contributed by atoms with Crippen molar-refractivity contribution in [3.05, 3.63) is 23.8 Å². The molecule has 0 radical (unpaired) electrons. The maximum Gasteiger partial charge on any atom is 0.243 e. The Kier molecular flexibility index (Phi) is 3.78. The Balaban J connectivity index is 2.33. The molecule has 0 aliphatic heterocycles. The number of nitrogens with zero attached hydrogens (tertiary/aromatic N) is 2. The van der Waals surface area contributed by atoms with Gasteiger partial charge >= 0.3 is 0 Å². The van der Waals surface area contributed by atoms with Crippen LogP contribution in [0.3, 0.4) is 0 Å². The number of hydrogen-bond acceptors (Lipinski definition) is 4. The van der Waals surface area contributed by atoms with E-state index in [0.29, 0.717) is 5.69 Å². The van der Waals surface area contributed by atoms with Crippen molar-refractivity contribution < 1.29 is 8.42 Å². The minimum atomic E-state index is -3.52. The van der Waals surface area contributed by atoms with E-state index >= 15 is 0 Å². The Hall–Kier alpha value is -1.58. The third-order valence-corrected chi connectivity index (χ3v) is 5.19. The molecule has 1 aliphatic carbocycles. The first-order valence-electron chi connectivity index (χ1n) is 6.21. The first kappa shape index (κ1) is 13.8. The highest BCUT2D eigenvalue weighted by molar-refractivity contribution is 7.89. The third kappa shape index (κ3) is 2.88. The second-order valence-corrected chi connectivity index (χ2v) is 6.66. The molecule has 1 aromatic carbocycles. The van der Waals surface area contributed by atoms with Crippen LogP contribution in [0, 0.1) is 18.3 Å². The van der Waals surface area contributed by atoms with Gasteiger partial charge in [-0.15, -0.1) is 0 Å². The van der Waals surface area contributed by atoms with Gasteiger partial charge in [-0.25, -0.2) is 8.42 Å². The summed E-state index contributed by atoms with van der Waals surface area (Å²) in [7, 11) is -3.52. The second kappa shape index (κ2) is 5.19. The fourth-order valence-electron chi connectivity index (χ4n) is 1.97. The highest BCUT2D eigenvalue weighted by atomic mass is 32.2. The molecule has 0 saturated heterocycles. The van der Waals surface area contributed by atoms with Crippen LogP contribution < -0.4 is 5.73 Å². The monoisotopic (exact) mass is 279 g/mol. The average molecular weight is 279 g/mol. The number of anilines is 1. The van der Waals surface area contributed by atoms with Gasteiger partial charge in [-0.3, -0.25) is 0 Å². The summed E-state index contributed by atoms with van der Waals surface area (Å²) in [5.41, 5.74) is 7.03. The second-order valence-electron chi connectivity index (χ2n) is 4.77. The van der Waals surface area contributed by atoms with E-state index in [1.165, 1.54) is 10.4 Å². The molecule has 6 heteroatoms. The van der Waals surface area contributed by atoms with E-state index in [9.17, 15) is 8.42 Å². The molecule has 1 fully saturated rings. The number of nitriles is 1. The first-order chi connectivity index (χ1) is 8.96. The molecule has 0 unspecified atom stereocenters. The maximum absolute atomic E-state index is 12.6. The van der Waals surface area contributed by atoms with Crippen molar-refractivity contribution in [3.63, 3.8) is 0 Å². The summed E-state index contributed by atoms with van der Waals surface area (Å²) < 4.78 is 26.6. The predicted octanol–water partition coefficient (Wildman–Crippen LogP) is 1.64. The fourth-order valence-corrected chi connectivity index (χ4v) is 3.74. The molecule has 102 valence electrons. The first-order valence-corrected chi connectivity index (χ1v) is 7.65. The number of benzene rings is 1. The lowest BCUT2D eigenvalue weighted by Crippen LogP contribution is -2.34. The number of hydrogen-bond donors (Lipinski definition) is 1.